The maximum absolute atomic E-state index is 11.2. The number of hydrogen-bond donors (Lipinski definition) is 2. The summed E-state index contributed by atoms with van der Waals surface area (Å²) in [7, 11) is 0. The van der Waals surface area contributed by atoms with E-state index in [1.807, 2.05) is 31.2 Å². The van der Waals surface area contributed by atoms with Gasteiger partial charge in [0.05, 0.1) is 13.9 Å². The van der Waals surface area contributed by atoms with Crippen LogP contribution in [-0.2, 0) is 6.54 Å². The largest absolute Gasteiger partial charge is 0.506 e. The van der Waals surface area contributed by atoms with E-state index in [0.29, 0.717) is 15.5 Å². The van der Waals surface area contributed by atoms with Gasteiger partial charge in [-0.1, -0.05) is 29.5 Å². The second-order valence-corrected chi connectivity index (χ2v) is 8.93. The Morgan fingerprint density at radius 2 is 1.71 bits per heavy atom. The molecule has 0 aliphatic carbocycles. The lowest BCUT2D eigenvalue weighted by Crippen LogP contribution is -2.02. The maximum Gasteiger partial charge on any atom is 0.269 e. The third kappa shape index (κ3) is 5.06. The van der Waals surface area contributed by atoms with Crippen molar-refractivity contribution in [1.82, 2.24) is 0 Å². The Hall–Kier alpha value is -2.03. The first-order valence-corrected chi connectivity index (χ1v) is 10.7. The van der Waals surface area contributed by atoms with E-state index in [9.17, 15) is 15.2 Å². The van der Waals surface area contributed by atoms with Gasteiger partial charge in [0.25, 0.3) is 5.69 Å². The number of rotatable bonds is 6. The molecule has 28 heavy (non-hydrogen) atoms. The fraction of sp³-hybridized carbons (Fsp3) is 0.100. The van der Waals surface area contributed by atoms with Gasteiger partial charge in [-0.05, 0) is 74.7 Å². The first-order chi connectivity index (χ1) is 13.3. The van der Waals surface area contributed by atoms with Crippen LogP contribution in [0.5, 0.6) is 5.75 Å². The zero-order chi connectivity index (χ0) is 20.3. The molecular weight excluding hydrogens is 508 g/mol. The summed E-state index contributed by atoms with van der Waals surface area (Å²) in [5.41, 5.74) is 2.82. The fourth-order valence-corrected chi connectivity index (χ4v) is 4.63. The number of phenolic OH excluding ortho intramolecular Hbond substituents is 1. The van der Waals surface area contributed by atoms with E-state index in [1.165, 1.54) is 11.6 Å². The summed E-state index contributed by atoms with van der Waals surface area (Å²) in [5.74, 6) is 0.122. The van der Waals surface area contributed by atoms with Crippen LogP contribution in [0.4, 0.5) is 11.4 Å². The highest BCUT2D eigenvalue weighted by atomic mass is 79.9. The van der Waals surface area contributed by atoms with Crippen molar-refractivity contribution >= 4 is 55.0 Å². The average Bonchev–Trinajstić information content (AvgIpc) is 2.66. The number of nitrogens with zero attached hydrogens (tertiary/aromatic N) is 1. The van der Waals surface area contributed by atoms with Crippen LogP contribution in [0.3, 0.4) is 0 Å². The van der Waals surface area contributed by atoms with E-state index in [1.54, 1.807) is 36.0 Å². The highest BCUT2D eigenvalue weighted by Gasteiger charge is 2.13. The molecule has 0 saturated carbocycles. The number of nitro benzene ring substituents is 1. The lowest BCUT2D eigenvalue weighted by Gasteiger charge is -2.13. The van der Waals surface area contributed by atoms with E-state index in [-0.39, 0.29) is 11.4 Å². The molecule has 0 saturated heterocycles. The van der Waals surface area contributed by atoms with E-state index in [0.717, 1.165) is 21.0 Å². The Bertz CT molecular complexity index is 1000. The van der Waals surface area contributed by atoms with Gasteiger partial charge < -0.3 is 10.4 Å². The second kappa shape index (κ2) is 8.98. The van der Waals surface area contributed by atoms with Gasteiger partial charge in [-0.2, -0.15) is 0 Å². The number of nitro groups is 1. The van der Waals surface area contributed by atoms with E-state index in [2.05, 4.69) is 37.2 Å². The predicted molar refractivity (Wildman–Crippen MR) is 119 cm³/mol. The predicted octanol–water partition coefficient (Wildman–Crippen LogP) is 6.90. The minimum absolute atomic E-state index is 0.0538. The average molecular weight is 524 g/mol. The lowest BCUT2D eigenvalue weighted by atomic mass is 10.2. The zero-order valence-corrected chi connectivity index (χ0v) is 18.8. The number of anilines is 1. The van der Waals surface area contributed by atoms with Crippen LogP contribution in [0.25, 0.3) is 0 Å². The number of nitrogens with one attached hydrogen (secondary N) is 1. The standard InChI is InChI=1S/C20H16Br2N2O3S/c1-12-2-5-16(6-3-12)28-19-7-4-15(24(26)27)8-13(19)11-23-14-9-17(21)20(25)18(22)10-14/h2-10,23,25H,11H2,1H3. The third-order valence-corrected chi connectivity index (χ3v) is 6.34. The minimum atomic E-state index is -0.391. The van der Waals surface area contributed by atoms with Crippen molar-refractivity contribution in [2.45, 2.75) is 23.3 Å². The molecule has 0 bridgehead atoms. The molecule has 0 atom stereocenters. The van der Waals surface area contributed by atoms with Crippen LogP contribution in [0, 0.1) is 17.0 Å². The molecule has 3 aromatic rings. The topological polar surface area (TPSA) is 75.4 Å². The fourth-order valence-electron chi connectivity index (χ4n) is 2.52. The zero-order valence-electron chi connectivity index (χ0n) is 14.8. The summed E-state index contributed by atoms with van der Waals surface area (Å²) >= 11 is 8.18. The van der Waals surface area contributed by atoms with Crippen molar-refractivity contribution in [1.29, 1.82) is 0 Å². The number of non-ortho nitro benzene ring substituents is 1. The molecule has 0 aliphatic rings. The molecule has 0 aromatic heterocycles. The summed E-state index contributed by atoms with van der Waals surface area (Å²) in [5, 5.41) is 24.3. The highest BCUT2D eigenvalue weighted by molar-refractivity contribution is 9.11. The smallest absolute Gasteiger partial charge is 0.269 e. The van der Waals surface area contributed by atoms with Crippen molar-refractivity contribution in [2.24, 2.45) is 0 Å². The Kier molecular flexibility index (Phi) is 6.64. The normalized spacial score (nSPS) is 10.7. The van der Waals surface area contributed by atoms with Crippen LogP contribution in [0.2, 0.25) is 0 Å². The van der Waals surface area contributed by atoms with Crippen LogP contribution in [0.15, 0.2) is 73.3 Å². The summed E-state index contributed by atoms with van der Waals surface area (Å²) in [4.78, 5) is 12.8. The van der Waals surface area contributed by atoms with Crippen LogP contribution in [-0.4, -0.2) is 10.0 Å². The van der Waals surface area contributed by atoms with Gasteiger partial charge in [-0.25, -0.2) is 0 Å². The monoisotopic (exact) mass is 522 g/mol. The van der Waals surface area contributed by atoms with Crippen molar-refractivity contribution in [3.8, 4) is 5.75 Å². The van der Waals surface area contributed by atoms with Gasteiger partial charge in [0.15, 0.2) is 0 Å². The van der Waals surface area contributed by atoms with Gasteiger partial charge in [0.2, 0.25) is 0 Å². The van der Waals surface area contributed by atoms with Gasteiger partial charge in [0, 0.05) is 34.2 Å². The molecule has 0 radical (unpaired) electrons. The molecule has 0 amide bonds. The van der Waals surface area contributed by atoms with E-state index >= 15 is 0 Å². The van der Waals surface area contributed by atoms with Gasteiger partial charge in [-0.15, -0.1) is 0 Å². The molecule has 0 unspecified atom stereocenters. The molecule has 3 rings (SSSR count). The number of benzene rings is 3. The third-order valence-electron chi connectivity index (χ3n) is 4.00. The molecule has 0 heterocycles. The van der Waals surface area contributed by atoms with E-state index < -0.39 is 4.92 Å². The second-order valence-electron chi connectivity index (χ2n) is 6.11. The molecule has 8 heteroatoms. The minimum Gasteiger partial charge on any atom is -0.506 e. The van der Waals surface area contributed by atoms with Crippen molar-refractivity contribution in [3.63, 3.8) is 0 Å². The van der Waals surface area contributed by atoms with Crippen molar-refractivity contribution in [2.75, 3.05) is 5.32 Å². The summed E-state index contributed by atoms with van der Waals surface area (Å²) < 4.78 is 1.11. The molecule has 0 fully saturated rings. The maximum atomic E-state index is 11.2. The van der Waals surface area contributed by atoms with Gasteiger partial charge in [0.1, 0.15) is 5.75 Å². The first-order valence-electron chi connectivity index (χ1n) is 8.27. The molecule has 0 spiro atoms. The Balaban J connectivity index is 1.87. The van der Waals surface area contributed by atoms with Crippen LogP contribution in [0.1, 0.15) is 11.1 Å². The number of phenols is 1. The van der Waals surface area contributed by atoms with E-state index in [4.69, 9.17) is 0 Å². The van der Waals surface area contributed by atoms with Crippen molar-refractivity contribution in [3.05, 3.63) is 84.8 Å². The molecule has 2 N–H and O–H groups in total. The lowest BCUT2D eigenvalue weighted by molar-refractivity contribution is -0.385. The molecule has 0 aliphatic heterocycles. The number of aryl methyl sites for hydroxylation is 1. The SMILES string of the molecule is Cc1ccc(Sc2ccc([N+](=O)[O-])cc2CNc2cc(Br)c(O)c(Br)c2)cc1. The molecule has 5 nitrogen and oxygen atoms in total. The van der Waals surface area contributed by atoms with Gasteiger partial charge >= 0.3 is 0 Å². The first kappa shape index (κ1) is 20.7. The quantitative estimate of drug-likeness (QED) is 0.209. The highest BCUT2D eigenvalue weighted by Crippen LogP contribution is 2.36. The number of hydrogen-bond acceptors (Lipinski definition) is 5. The summed E-state index contributed by atoms with van der Waals surface area (Å²) in [6, 6.07) is 16.5. The Morgan fingerprint density at radius 1 is 1.07 bits per heavy atom. The molecular formula is C20H16Br2N2O3S. The molecule has 3 aromatic carbocycles. The van der Waals surface area contributed by atoms with Crippen LogP contribution < -0.4 is 5.32 Å². The summed E-state index contributed by atoms with van der Waals surface area (Å²) in [6.45, 7) is 2.43. The number of aromatic hydroxyl groups is 1. The molecule has 144 valence electrons. The Morgan fingerprint density at radius 3 is 2.32 bits per heavy atom. The summed E-state index contributed by atoms with van der Waals surface area (Å²) in [6.07, 6.45) is 0. The van der Waals surface area contributed by atoms with Crippen molar-refractivity contribution < 1.29 is 10.0 Å². The van der Waals surface area contributed by atoms with Crippen LogP contribution >= 0.6 is 43.6 Å². The Labute approximate surface area is 183 Å². The van der Waals surface area contributed by atoms with Gasteiger partial charge in [-0.3, -0.25) is 10.1 Å². The number of halogens is 2.